The van der Waals surface area contributed by atoms with E-state index in [4.69, 9.17) is 10.1 Å². The molecule has 0 aromatic heterocycles. The molecule has 0 saturated carbocycles. The zero-order valence-electron chi connectivity index (χ0n) is 8.03. The van der Waals surface area contributed by atoms with Crippen molar-refractivity contribution < 1.29 is 4.84 Å². The lowest BCUT2D eigenvalue weighted by molar-refractivity contribution is 0.131. The molecule has 0 aliphatic heterocycles. The number of nitrogens with zero attached hydrogens (tertiary/aromatic N) is 2. The Morgan fingerprint density at radius 3 is 3.07 bits per heavy atom. The summed E-state index contributed by atoms with van der Waals surface area (Å²) in [4.78, 5) is 4.96. The molecule has 0 saturated heterocycles. The number of nitriles is 1. The van der Waals surface area contributed by atoms with Gasteiger partial charge in [-0.25, -0.2) is 0 Å². The van der Waals surface area contributed by atoms with Crippen molar-refractivity contribution in [2.45, 2.75) is 20.0 Å². The van der Waals surface area contributed by atoms with E-state index >= 15 is 0 Å². The zero-order chi connectivity index (χ0) is 10.2. The summed E-state index contributed by atoms with van der Waals surface area (Å²) in [5.74, 6) is 0. The molecule has 0 bridgehead atoms. The molecule has 14 heavy (non-hydrogen) atoms. The highest BCUT2D eigenvalue weighted by Gasteiger charge is 1.94. The predicted octanol–water partition coefficient (Wildman–Crippen LogP) is 2.35. The van der Waals surface area contributed by atoms with Crippen LogP contribution in [0.4, 0.5) is 0 Å². The van der Waals surface area contributed by atoms with Gasteiger partial charge in [0.25, 0.3) is 0 Å². The first kappa shape index (κ1) is 10.3. The van der Waals surface area contributed by atoms with E-state index < -0.39 is 0 Å². The third-order valence-electron chi connectivity index (χ3n) is 1.57. The molecule has 1 rings (SSSR count). The van der Waals surface area contributed by atoms with Gasteiger partial charge in [0.1, 0.15) is 12.8 Å². The van der Waals surface area contributed by atoms with Crippen molar-refractivity contribution in [2.75, 3.05) is 0 Å². The molecule has 0 heterocycles. The first-order valence-electron chi connectivity index (χ1n) is 4.40. The van der Waals surface area contributed by atoms with Gasteiger partial charge in [-0.05, 0) is 24.1 Å². The largest absolute Gasteiger partial charge is 0.391 e. The highest BCUT2D eigenvalue weighted by Crippen LogP contribution is 2.05. The van der Waals surface area contributed by atoms with E-state index in [1.807, 2.05) is 19.1 Å². The van der Waals surface area contributed by atoms with Crippen molar-refractivity contribution in [3.63, 3.8) is 0 Å². The Labute approximate surface area is 83.6 Å². The number of benzene rings is 1. The minimum atomic E-state index is 0.377. The van der Waals surface area contributed by atoms with E-state index in [-0.39, 0.29) is 0 Å². The minimum absolute atomic E-state index is 0.377. The molecule has 0 N–H and O–H groups in total. The molecule has 1 aromatic rings. The van der Waals surface area contributed by atoms with Crippen molar-refractivity contribution in [3.05, 3.63) is 35.4 Å². The fourth-order valence-electron chi connectivity index (χ4n) is 0.948. The summed E-state index contributed by atoms with van der Waals surface area (Å²) in [5.41, 5.74) is 1.57. The summed E-state index contributed by atoms with van der Waals surface area (Å²) < 4.78 is 0. The van der Waals surface area contributed by atoms with Crippen LogP contribution < -0.4 is 0 Å². The Morgan fingerprint density at radius 2 is 2.36 bits per heavy atom. The van der Waals surface area contributed by atoms with Gasteiger partial charge in [0, 0.05) is 0 Å². The Kier molecular flexibility index (Phi) is 4.22. The lowest BCUT2D eigenvalue weighted by Gasteiger charge is -1.98. The number of rotatable bonds is 4. The molecule has 0 atom stereocenters. The number of hydrogen-bond donors (Lipinski definition) is 0. The maximum atomic E-state index is 8.65. The maximum absolute atomic E-state index is 8.65. The van der Waals surface area contributed by atoms with Gasteiger partial charge in [-0.2, -0.15) is 5.26 Å². The first-order chi connectivity index (χ1) is 6.86. The second-order valence-electron chi connectivity index (χ2n) is 2.69. The normalized spacial score (nSPS) is 10.0. The molecule has 1 aromatic carbocycles. The van der Waals surface area contributed by atoms with Gasteiger partial charge < -0.3 is 4.84 Å². The third kappa shape index (κ3) is 3.28. The van der Waals surface area contributed by atoms with Crippen LogP contribution in [0.1, 0.15) is 24.5 Å². The molecule has 0 fully saturated rings. The second kappa shape index (κ2) is 5.76. The maximum Gasteiger partial charge on any atom is 0.142 e. The average Bonchev–Trinajstić information content (AvgIpc) is 2.25. The summed E-state index contributed by atoms with van der Waals surface area (Å²) in [5, 5.41) is 12.3. The highest BCUT2D eigenvalue weighted by molar-refractivity contribution is 5.55. The van der Waals surface area contributed by atoms with Crippen LogP contribution in [-0.4, -0.2) is 6.21 Å². The molecule has 0 amide bonds. The van der Waals surface area contributed by atoms with Crippen LogP contribution >= 0.6 is 0 Å². The molecule has 0 spiro atoms. The van der Waals surface area contributed by atoms with Gasteiger partial charge in [0.05, 0.1) is 11.6 Å². The van der Waals surface area contributed by atoms with E-state index in [1.54, 1.807) is 12.1 Å². The summed E-state index contributed by atoms with van der Waals surface area (Å²) >= 11 is 0. The van der Waals surface area contributed by atoms with Crippen LogP contribution in [-0.2, 0) is 11.4 Å². The van der Waals surface area contributed by atoms with Gasteiger partial charge in [-0.15, -0.1) is 0 Å². The molecule has 3 nitrogen and oxygen atoms in total. The summed E-state index contributed by atoms with van der Waals surface area (Å²) in [6.45, 7) is 2.31. The van der Waals surface area contributed by atoms with Crippen LogP contribution in [0.3, 0.4) is 0 Å². The zero-order valence-corrected chi connectivity index (χ0v) is 8.03. The Bertz CT molecular complexity index is 353. The van der Waals surface area contributed by atoms with Gasteiger partial charge >= 0.3 is 0 Å². The van der Waals surface area contributed by atoms with Crippen molar-refractivity contribution in [3.8, 4) is 6.07 Å². The van der Waals surface area contributed by atoms with Gasteiger partial charge in [0.15, 0.2) is 0 Å². The van der Waals surface area contributed by atoms with Crippen molar-refractivity contribution >= 4 is 6.21 Å². The van der Waals surface area contributed by atoms with Gasteiger partial charge in [-0.1, -0.05) is 24.2 Å². The van der Waals surface area contributed by atoms with Crippen LogP contribution in [0.25, 0.3) is 0 Å². The fraction of sp³-hybridized carbons (Fsp3) is 0.273. The topological polar surface area (TPSA) is 45.4 Å². The van der Waals surface area contributed by atoms with Gasteiger partial charge in [0.2, 0.25) is 0 Å². The summed E-state index contributed by atoms with van der Waals surface area (Å²) in [6.07, 6.45) is 3.42. The lowest BCUT2D eigenvalue weighted by atomic mass is 10.1. The van der Waals surface area contributed by atoms with Crippen molar-refractivity contribution in [1.29, 1.82) is 5.26 Å². The summed E-state index contributed by atoms with van der Waals surface area (Å²) in [6, 6.07) is 9.32. The Morgan fingerprint density at radius 1 is 1.50 bits per heavy atom. The number of hydrogen-bond acceptors (Lipinski definition) is 3. The van der Waals surface area contributed by atoms with Crippen LogP contribution in [0.2, 0.25) is 0 Å². The monoisotopic (exact) mass is 187 g/mol. The average molecular weight is 187 g/mol. The first-order valence-corrected chi connectivity index (χ1v) is 4.40. The fourth-order valence-corrected chi connectivity index (χ4v) is 0.948. The van der Waals surface area contributed by atoms with Crippen molar-refractivity contribution in [2.24, 2.45) is 5.16 Å². The highest BCUT2D eigenvalue weighted by atomic mass is 16.6. The van der Waals surface area contributed by atoms with E-state index in [1.165, 1.54) is 0 Å². The smallest absolute Gasteiger partial charge is 0.142 e. The lowest BCUT2D eigenvalue weighted by Crippen LogP contribution is -1.88. The van der Waals surface area contributed by atoms with E-state index in [0.29, 0.717) is 12.2 Å². The van der Waals surface area contributed by atoms with Crippen molar-refractivity contribution in [1.82, 2.24) is 0 Å². The quantitative estimate of drug-likeness (QED) is 0.536. The predicted molar refractivity (Wildman–Crippen MR) is 53.7 cm³/mol. The van der Waals surface area contributed by atoms with Crippen LogP contribution in [0, 0.1) is 11.3 Å². The van der Waals surface area contributed by atoms with Gasteiger partial charge in [-0.3, -0.25) is 0 Å². The summed E-state index contributed by atoms with van der Waals surface area (Å²) in [7, 11) is 0. The van der Waals surface area contributed by atoms with Crippen LogP contribution in [0.5, 0.6) is 0 Å². The minimum Gasteiger partial charge on any atom is -0.391 e. The molecule has 0 aliphatic rings. The van der Waals surface area contributed by atoms with E-state index in [2.05, 4.69) is 17.4 Å². The molecule has 0 aliphatic carbocycles. The second-order valence-corrected chi connectivity index (χ2v) is 2.69. The molecule has 71 valence electrons. The van der Waals surface area contributed by atoms with Crippen LogP contribution in [0.15, 0.2) is 29.4 Å². The molecular weight excluding hydrogens is 176 g/mol. The SMILES string of the molecule is CC/[C]=N\OCc1cccc(C#N)c1. The third-order valence-corrected chi connectivity index (χ3v) is 1.57. The molecule has 0 unspecified atom stereocenters. The Balaban J connectivity index is 2.51. The standard InChI is InChI=1S/C11H11N2O/c1-2-6-13-14-9-11-5-3-4-10(7-11)8-12/h3-5,7H,2,9H2,1H3. The van der Waals surface area contributed by atoms with E-state index in [0.717, 1.165) is 12.0 Å². The molecule has 1 radical (unpaired) electrons. The molecule has 3 heteroatoms. The van der Waals surface area contributed by atoms with E-state index in [9.17, 15) is 0 Å². The molecular formula is C11H11N2O. The Hall–Kier alpha value is -1.82.